The SMILES string of the molecule is CC(C)N1CCC(C(=O)NC[C@H](N)c2ccccc2)CC1. The Labute approximate surface area is 127 Å². The van der Waals surface area contributed by atoms with Crippen molar-refractivity contribution in [3.8, 4) is 0 Å². The highest BCUT2D eigenvalue weighted by Gasteiger charge is 2.26. The molecule has 0 spiro atoms. The molecule has 1 aliphatic heterocycles. The molecule has 21 heavy (non-hydrogen) atoms. The summed E-state index contributed by atoms with van der Waals surface area (Å²) < 4.78 is 0. The molecular formula is C17H27N3O. The first-order valence-electron chi connectivity index (χ1n) is 7.90. The Morgan fingerprint density at radius 1 is 1.29 bits per heavy atom. The average Bonchev–Trinajstić information content (AvgIpc) is 2.53. The number of hydrogen-bond acceptors (Lipinski definition) is 3. The summed E-state index contributed by atoms with van der Waals surface area (Å²) in [5, 5.41) is 3.01. The highest BCUT2D eigenvalue weighted by Crippen LogP contribution is 2.19. The molecule has 1 atom stereocenters. The normalized spacial score (nSPS) is 18.7. The van der Waals surface area contributed by atoms with Crippen LogP contribution < -0.4 is 11.1 Å². The van der Waals surface area contributed by atoms with Crippen LogP contribution in [0.15, 0.2) is 30.3 Å². The first kappa shape index (κ1) is 16.0. The fourth-order valence-electron chi connectivity index (χ4n) is 2.85. The van der Waals surface area contributed by atoms with E-state index in [4.69, 9.17) is 5.73 Å². The molecule has 1 fully saturated rings. The molecule has 1 aliphatic rings. The number of carbonyl (C=O) groups excluding carboxylic acids is 1. The van der Waals surface area contributed by atoms with Crippen LogP contribution in [0.25, 0.3) is 0 Å². The predicted molar refractivity (Wildman–Crippen MR) is 85.8 cm³/mol. The van der Waals surface area contributed by atoms with Gasteiger partial charge >= 0.3 is 0 Å². The van der Waals surface area contributed by atoms with Gasteiger partial charge in [0.1, 0.15) is 0 Å². The average molecular weight is 289 g/mol. The summed E-state index contributed by atoms with van der Waals surface area (Å²) >= 11 is 0. The van der Waals surface area contributed by atoms with Crippen LogP contribution in [0, 0.1) is 5.92 Å². The third-order valence-corrected chi connectivity index (χ3v) is 4.35. The van der Waals surface area contributed by atoms with Crippen LogP contribution in [0.2, 0.25) is 0 Å². The molecule has 1 amide bonds. The van der Waals surface area contributed by atoms with Crippen molar-refractivity contribution in [2.24, 2.45) is 11.7 Å². The molecule has 1 heterocycles. The summed E-state index contributed by atoms with van der Waals surface area (Å²) in [6.45, 7) is 6.95. The van der Waals surface area contributed by atoms with Crippen molar-refractivity contribution < 1.29 is 4.79 Å². The molecule has 2 rings (SSSR count). The maximum atomic E-state index is 12.2. The minimum atomic E-state index is -0.133. The van der Waals surface area contributed by atoms with Gasteiger partial charge in [0.2, 0.25) is 5.91 Å². The molecule has 0 aromatic heterocycles. The Bertz CT molecular complexity index is 439. The standard InChI is InChI=1S/C17H27N3O/c1-13(2)20-10-8-15(9-11-20)17(21)19-12-16(18)14-6-4-3-5-7-14/h3-7,13,15-16H,8-12,18H2,1-2H3,(H,19,21)/t16-/m0/s1. The molecule has 1 aromatic carbocycles. The Morgan fingerprint density at radius 2 is 1.90 bits per heavy atom. The second-order valence-electron chi connectivity index (χ2n) is 6.17. The van der Waals surface area contributed by atoms with Crippen molar-refractivity contribution in [2.45, 2.75) is 38.8 Å². The van der Waals surface area contributed by atoms with Crippen LogP contribution in [0.4, 0.5) is 0 Å². The van der Waals surface area contributed by atoms with Gasteiger partial charge in [-0.15, -0.1) is 0 Å². The molecule has 4 heteroatoms. The number of benzene rings is 1. The Hall–Kier alpha value is -1.39. The predicted octanol–water partition coefficient (Wildman–Crippen LogP) is 1.92. The van der Waals surface area contributed by atoms with E-state index >= 15 is 0 Å². The first-order chi connectivity index (χ1) is 10.1. The van der Waals surface area contributed by atoms with Crippen LogP contribution >= 0.6 is 0 Å². The van der Waals surface area contributed by atoms with Gasteiger partial charge in [-0.1, -0.05) is 30.3 Å². The second kappa shape index (κ2) is 7.57. The maximum Gasteiger partial charge on any atom is 0.223 e. The van der Waals surface area contributed by atoms with Gasteiger partial charge in [-0.25, -0.2) is 0 Å². The van der Waals surface area contributed by atoms with Crippen LogP contribution in [0.3, 0.4) is 0 Å². The molecule has 0 radical (unpaired) electrons. The molecule has 0 bridgehead atoms. The zero-order valence-electron chi connectivity index (χ0n) is 13.1. The summed E-state index contributed by atoms with van der Waals surface area (Å²) in [7, 11) is 0. The van der Waals surface area contributed by atoms with Crippen molar-refractivity contribution >= 4 is 5.91 Å². The van der Waals surface area contributed by atoms with E-state index in [2.05, 4.69) is 24.1 Å². The van der Waals surface area contributed by atoms with Crippen LogP contribution in [-0.4, -0.2) is 36.5 Å². The third kappa shape index (κ3) is 4.55. The number of carbonyl (C=O) groups is 1. The maximum absolute atomic E-state index is 12.2. The highest BCUT2D eigenvalue weighted by atomic mass is 16.1. The lowest BCUT2D eigenvalue weighted by atomic mass is 9.95. The Balaban J connectivity index is 1.75. The van der Waals surface area contributed by atoms with Gasteiger partial charge in [-0.3, -0.25) is 4.79 Å². The quantitative estimate of drug-likeness (QED) is 0.870. The van der Waals surface area contributed by atoms with E-state index in [0.29, 0.717) is 12.6 Å². The largest absolute Gasteiger partial charge is 0.354 e. The van der Waals surface area contributed by atoms with Crippen molar-refractivity contribution in [3.05, 3.63) is 35.9 Å². The number of likely N-dealkylation sites (tertiary alicyclic amines) is 1. The molecule has 0 unspecified atom stereocenters. The lowest BCUT2D eigenvalue weighted by molar-refractivity contribution is -0.126. The molecular weight excluding hydrogens is 262 g/mol. The summed E-state index contributed by atoms with van der Waals surface area (Å²) in [6.07, 6.45) is 1.90. The summed E-state index contributed by atoms with van der Waals surface area (Å²) in [5.41, 5.74) is 7.17. The van der Waals surface area contributed by atoms with Gasteiger partial charge < -0.3 is 16.0 Å². The van der Waals surface area contributed by atoms with Crippen LogP contribution in [0.1, 0.15) is 38.3 Å². The number of amides is 1. The monoisotopic (exact) mass is 289 g/mol. The topological polar surface area (TPSA) is 58.4 Å². The number of nitrogens with zero attached hydrogens (tertiary/aromatic N) is 1. The smallest absolute Gasteiger partial charge is 0.223 e. The molecule has 0 aliphatic carbocycles. The highest BCUT2D eigenvalue weighted by molar-refractivity contribution is 5.78. The summed E-state index contributed by atoms with van der Waals surface area (Å²) in [5.74, 6) is 0.299. The van der Waals surface area contributed by atoms with Gasteiger partial charge in [-0.2, -0.15) is 0 Å². The van der Waals surface area contributed by atoms with Crippen molar-refractivity contribution in [2.75, 3.05) is 19.6 Å². The van der Waals surface area contributed by atoms with E-state index in [1.807, 2.05) is 30.3 Å². The zero-order valence-corrected chi connectivity index (χ0v) is 13.1. The zero-order chi connectivity index (χ0) is 15.2. The number of nitrogens with two attached hydrogens (primary N) is 1. The minimum absolute atomic E-state index is 0.133. The number of piperidine rings is 1. The number of rotatable bonds is 5. The fourth-order valence-corrected chi connectivity index (χ4v) is 2.85. The number of hydrogen-bond donors (Lipinski definition) is 2. The van der Waals surface area contributed by atoms with Crippen LogP contribution in [0.5, 0.6) is 0 Å². The van der Waals surface area contributed by atoms with Crippen LogP contribution in [-0.2, 0) is 4.79 Å². The van der Waals surface area contributed by atoms with Gasteiger partial charge in [0.25, 0.3) is 0 Å². The Kier molecular flexibility index (Phi) is 5.76. The molecule has 3 N–H and O–H groups in total. The van der Waals surface area contributed by atoms with Crippen molar-refractivity contribution in [1.82, 2.24) is 10.2 Å². The van der Waals surface area contributed by atoms with Crippen molar-refractivity contribution in [3.63, 3.8) is 0 Å². The molecule has 1 aromatic rings. The minimum Gasteiger partial charge on any atom is -0.354 e. The molecule has 4 nitrogen and oxygen atoms in total. The van der Waals surface area contributed by atoms with E-state index in [1.165, 1.54) is 0 Å². The third-order valence-electron chi connectivity index (χ3n) is 4.35. The van der Waals surface area contributed by atoms with E-state index in [0.717, 1.165) is 31.5 Å². The molecule has 0 saturated carbocycles. The molecule has 1 saturated heterocycles. The molecule has 116 valence electrons. The van der Waals surface area contributed by atoms with E-state index in [1.54, 1.807) is 0 Å². The van der Waals surface area contributed by atoms with E-state index in [9.17, 15) is 4.79 Å². The Morgan fingerprint density at radius 3 is 2.48 bits per heavy atom. The lowest BCUT2D eigenvalue weighted by Crippen LogP contribution is -2.44. The van der Waals surface area contributed by atoms with Gasteiger partial charge in [0.15, 0.2) is 0 Å². The van der Waals surface area contributed by atoms with Gasteiger partial charge in [0, 0.05) is 24.5 Å². The summed E-state index contributed by atoms with van der Waals surface area (Å²) in [4.78, 5) is 14.7. The van der Waals surface area contributed by atoms with Gasteiger partial charge in [0.05, 0.1) is 0 Å². The lowest BCUT2D eigenvalue weighted by Gasteiger charge is -2.34. The van der Waals surface area contributed by atoms with Crippen molar-refractivity contribution in [1.29, 1.82) is 0 Å². The van der Waals surface area contributed by atoms with Gasteiger partial charge in [-0.05, 0) is 45.3 Å². The summed E-state index contributed by atoms with van der Waals surface area (Å²) in [6, 6.07) is 10.3. The van der Waals surface area contributed by atoms with E-state index < -0.39 is 0 Å². The number of nitrogens with one attached hydrogen (secondary N) is 1. The second-order valence-corrected chi connectivity index (χ2v) is 6.17. The fraction of sp³-hybridized carbons (Fsp3) is 0.588. The first-order valence-corrected chi connectivity index (χ1v) is 7.90. The van der Waals surface area contributed by atoms with E-state index in [-0.39, 0.29) is 17.9 Å².